The molecule has 3 aromatic rings. The van der Waals surface area contributed by atoms with Crippen LogP contribution in [-0.4, -0.2) is 10.8 Å². The molecule has 0 aliphatic carbocycles. The van der Waals surface area contributed by atoms with E-state index in [2.05, 4.69) is 0 Å². The lowest BCUT2D eigenvalue weighted by Crippen LogP contribution is -2.22. The Morgan fingerprint density at radius 1 is 0.926 bits per heavy atom. The summed E-state index contributed by atoms with van der Waals surface area (Å²) < 4.78 is 0. The Bertz CT molecular complexity index is 1090. The Kier molecular flexibility index (Phi) is 4.22. The highest BCUT2D eigenvalue weighted by Gasteiger charge is 2.34. The Balaban J connectivity index is 1.91. The summed E-state index contributed by atoms with van der Waals surface area (Å²) >= 11 is 5.93. The van der Waals surface area contributed by atoms with Crippen LogP contribution in [0.2, 0.25) is 5.02 Å². The number of nitrogens with zero attached hydrogens (tertiary/aromatic N) is 2. The number of hydrogen-bond donors (Lipinski definition) is 0. The highest BCUT2D eigenvalue weighted by Crippen LogP contribution is 2.40. The number of rotatable bonds is 3. The van der Waals surface area contributed by atoms with Crippen LogP contribution in [-0.2, 0) is 0 Å². The Hall–Kier alpha value is -3.44. The van der Waals surface area contributed by atoms with Gasteiger partial charge < -0.3 is 0 Å². The van der Waals surface area contributed by atoms with Crippen molar-refractivity contribution in [3.05, 3.63) is 105 Å². The number of amides is 1. The first kappa shape index (κ1) is 17.0. The minimum absolute atomic E-state index is 0.0292. The second-order valence-corrected chi connectivity index (χ2v) is 6.43. The monoisotopic (exact) mass is 376 g/mol. The van der Waals surface area contributed by atoms with Gasteiger partial charge in [0.25, 0.3) is 11.6 Å². The van der Waals surface area contributed by atoms with Gasteiger partial charge in [-0.1, -0.05) is 60.1 Å². The van der Waals surface area contributed by atoms with E-state index in [1.165, 1.54) is 17.0 Å². The van der Waals surface area contributed by atoms with Crippen LogP contribution in [0.5, 0.6) is 0 Å². The van der Waals surface area contributed by atoms with E-state index in [1.54, 1.807) is 18.2 Å². The van der Waals surface area contributed by atoms with Gasteiger partial charge in [0.2, 0.25) is 0 Å². The number of nitro groups is 1. The van der Waals surface area contributed by atoms with E-state index in [9.17, 15) is 14.9 Å². The molecule has 0 spiro atoms. The molecule has 3 aromatic carbocycles. The van der Waals surface area contributed by atoms with Crippen LogP contribution in [0, 0.1) is 10.1 Å². The zero-order valence-electron chi connectivity index (χ0n) is 14.0. The number of carbonyl (C=O) groups is 1. The zero-order valence-corrected chi connectivity index (χ0v) is 14.8. The molecule has 0 unspecified atom stereocenters. The quantitative estimate of drug-likeness (QED) is 0.453. The predicted molar refractivity (Wildman–Crippen MR) is 106 cm³/mol. The fourth-order valence-electron chi connectivity index (χ4n) is 3.13. The summed E-state index contributed by atoms with van der Waals surface area (Å²) in [6.45, 7) is 0. The standard InChI is InChI=1S/C21H13ClN2O3/c22-18-11-10-15(13-20(18)24(26)27)23-19(12-14-6-2-1-3-7-14)16-8-4-5-9-17(16)21(23)25/h1-13H. The summed E-state index contributed by atoms with van der Waals surface area (Å²) in [5, 5.41) is 11.3. The summed E-state index contributed by atoms with van der Waals surface area (Å²) in [6, 6.07) is 21.2. The van der Waals surface area contributed by atoms with Gasteiger partial charge in [-0.2, -0.15) is 0 Å². The average molecular weight is 377 g/mol. The minimum atomic E-state index is -0.555. The molecule has 1 heterocycles. The maximum Gasteiger partial charge on any atom is 0.289 e. The maximum absolute atomic E-state index is 13.0. The molecule has 0 N–H and O–H groups in total. The van der Waals surface area contributed by atoms with E-state index >= 15 is 0 Å². The molecule has 4 rings (SSSR count). The molecule has 0 radical (unpaired) electrons. The van der Waals surface area contributed by atoms with E-state index in [-0.39, 0.29) is 16.6 Å². The number of halogens is 1. The zero-order chi connectivity index (χ0) is 19.0. The molecule has 5 nitrogen and oxygen atoms in total. The smallest absolute Gasteiger partial charge is 0.276 e. The van der Waals surface area contributed by atoms with E-state index in [0.29, 0.717) is 16.9 Å². The highest BCUT2D eigenvalue weighted by atomic mass is 35.5. The van der Waals surface area contributed by atoms with Crippen LogP contribution in [0.3, 0.4) is 0 Å². The van der Waals surface area contributed by atoms with Crippen molar-refractivity contribution in [1.29, 1.82) is 0 Å². The van der Waals surface area contributed by atoms with E-state index < -0.39 is 4.92 Å². The first-order chi connectivity index (χ1) is 13.1. The number of benzene rings is 3. The molecule has 0 saturated heterocycles. The van der Waals surface area contributed by atoms with Crippen LogP contribution >= 0.6 is 11.6 Å². The number of nitro benzene ring substituents is 1. The van der Waals surface area contributed by atoms with Crippen molar-refractivity contribution in [3.8, 4) is 0 Å². The van der Waals surface area contributed by atoms with Crippen LogP contribution < -0.4 is 4.90 Å². The van der Waals surface area contributed by atoms with Gasteiger partial charge in [0, 0.05) is 17.2 Å². The predicted octanol–water partition coefficient (Wildman–Crippen LogP) is 5.41. The number of carbonyl (C=O) groups excluding carboxylic acids is 1. The van der Waals surface area contributed by atoms with E-state index in [1.807, 2.05) is 48.5 Å². The van der Waals surface area contributed by atoms with Gasteiger partial charge in [-0.3, -0.25) is 19.8 Å². The molecule has 0 aromatic heterocycles. The van der Waals surface area contributed by atoms with Crippen LogP contribution in [0.25, 0.3) is 11.8 Å². The lowest BCUT2D eigenvalue weighted by molar-refractivity contribution is -0.384. The van der Waals surface area contributed by atoms with E-state index in [0.717, 1.165) is 11.1 Å². The molecular weight excluding hydrogens is 364 g/mol. The first-order valence-electron chi connectivity index (χ1n) is 8.21. The number of fused-ring (bicyclic) bond motifs is 1. The highest BCUT2D eigenvalue weighted by molar-refractivity contribution is 6.33. The van der Waals surface area contributed by atoms with Crippen LogP contribution in [0.15, 0.2) is 72.8 Å². The topological polar surface area (TPSA) is 63.5 Å². The van der Waals surface area contributed by atoms with Gasteiger partial charge in [0.05, 0.1) is 16.3 Å². The average Bonchev–Trinajstić information content (AvgIpc) is 2.95. The lowest BCUT2D eigenvalue weighted by atomic mass is 10.1. The van der Waals surface area contributed by atoms with Gasteiger partial charge in [-0.25, -0.2) is 0 Å². The van der Waals surface area contributed by atoms with Crippen molar-refractivity contribution >= 4 is 40.7 Å². The molecule has 27 heavy (non-hydrogen) atoms. The van der Waals surface area contributed by atoms with Crippen molar-refractivity contribution < 1.29 is 9.72 Å². The van der Waals surface area contributed by atoms with Gasteiger partial charge in [-0.05, 0) is 29.8 Å². The molecule has 0 bridgehead atoms. The van der Waals surface area contributed by atoms with Crippen molar-refractivity contribution in [3.63, 3.8) is 0 Å². The van der Waals surface area contributed by atoms with Crippen molar-refractivity contribution in [2.45, 2.75) is 0 Å². The molecule has 0 fully saturated rings. The summed E-state index contributed by atoms with van der Waals surface area (Å²) in [6.07, 6.45) is 1.89. The van der Waals surface area contributed by atoms with E-state index in [4.69, 9.17) is 11.6 Å². The molecular formula is C21H13ClN2O3. The van der Waals surface area contributed by atoms with Gasteiger partial charge >= 0.3 is 0 Å². The summed E-state index contributed by atoms with van der Waals surface area (Å²) in [7, 11) is 0. The maximum atomic E-state index is 13.0. The van der Waals surface area contributed by atoms with Gasteiger partial charge in [-0.15, -0.1) is 0 Å². The summed E-state index contributed by atoms with van der Waals surface area (Å²) in [4.78, 5) is 25.2. The molecule has 1 amide bonds. The normalized spacial score (nSPS) is 14.5. The van der Waals surface area contributed by atoms with Gasteiger partial charge in [0.15, 0.2) is 0 Å². The fraction of sp³-hybridized carbons (Fsp3) is 0. The van der Waals surface area contributed by atoms with Crippen molar-refractivity contribution in [1.82, 2.24) is 0 Å². The number of anilines is 1. The Morgan fingerprint density at radius 3 is 2.30 bits per heavy atom. The second-order valence-electron chi connectivity index (χ2n) is 6.02. The SMILES string of the molecule is O=C1c2ccccc2C(=Cc2ccccc2)N1c1ccc(Cl)c([N+](=O)[O-])c1. The number of hydrogen-bond acceptors (Lipinski definition) is 3. The molecule has 6 heteroatoms. The molecule has 132 valence electrons. The van der Waals surface area contributed by atoms with Crippen molar-refractivity contribution in [2.24, 2.45) is 0 Å². The largest absolute Gasteiger partial charge is 0.289 e. The van der Waals surface area contributed by atoms with Crippen LogP contribution in [0.1, 0.15) is 21.5 Å². The minimum Gasteiger partial charge on any atom is -0.276 e. The molecule has 0 saturated carbocycles. The molecule has 0 atom stereocenters. The molecule has 1 aliphatic heterocycles. The molecule has 1 aliphatic rings. The Labute approximate surface area is 160 Å². The van der Waals surface area contributed by atoms with Crippen molar-refractivity contribution in [2.75, 3.05) is 4.90 Å². The first-order valence-corrected chi connectivity index (χ1v) is 8.58. The van der Waals surface area contributed by atoms with Gasteiger partial charge in [0.1, 0.15) is 5.02 Å². The summed E-state index contributed by atoms with van der Waals surface area (Å²) in [5.41, 5.74) is 3.08. The lowest BCUT2D eigenvalue weighted by Gasteiger charge is -2.19. The third kappa shape index (κ3) is 2.98. The van der Waals surface area contributed by atoms with Crippen LogP contribution in [0.4, 0.5) is 11.4 Å². The fourth-order valence-corrected chi connectivity index (χ4v) is 3.32. The third-order valence-corrected chi connectivity index (χ3v) is 4.68. The summed E-state index contributed by atoms with van der Waals surface area (Å²) in [5.74, 6) is -0.232. The Morgan fingerprint density at radius 2 is 1.59 bits per heavy atom. The second kappa shape index (κ2) is 6.70. The third-order valence-electron chi connectivity index (χ3n) is 4.36.